The lowest BCUT2D eigenvalue weighted by Crippen LogP contribution is -2.34. The minimum atomic E-state index is 0.270. The molecule has 1 aromatic carbocycles. The summed E-state index contributed by atoms with van der Waals surface area (Å²) in [6.45, 7) is 1.61. The first-order valence-electron chi connectivity index (χ1n) is 7.87. The molecule has 0 spiro atoms. The number of thiazole rings is 1. The number of imidazole rings is 2. The highest BCUT2D eigenvalue weighted by atomic mass is 32.1. The highest BCUT2D eigenvalue weighted by Crippen LogP contribution is 2.21. The van der Waals surface area contributed by atoms with Crippen LogP contribution in [-0.2, 0) is 19.5 Å². The van der Waals surface area contributed by atoms with Gasteiger partial charge in [-0.05, 0) is 12.1 Å². The van der Waals surface area contributed by atoms with E-state index in [0.717, 1.165) is 35.7 Å². The molecule has 0 bridgehead atoms. The van der Waals surface area contributed by atoms with Crippen LogP contribution < -0.4 is 5.32 Å². The predicted molar refractivity (Wildman–Crippen MR) is 94.8 cm³/mol. The Morgan fingerprint density at radius 3 is 3.00 bits per heavy atom. The first kappa shape index (κ1) is 15.0. The van der Waals surface area contributed by atoms with Crippen LogP contribution in [0.2, 0.25) is 0 Å². The molecule has 3 aromatic heterocycles. The van der Waals surface area contributed by atoms with Crippen molar-refractivity contribution in [2.24, 2.45) is 0 Å². The topological polar surface area (TPSA) is 71.4 Å². The number of nitrogens with one attached hydrogen (secondary N) is 2. The van der Waals surface area contributed by atoms with Crippen LogP contribution in [0.4, 0.5) is 0 Å². The molecule has 1 atom stereocenters. The lowest BCUT2D eigenvalue weighted by atomic mass is 10.1. The van der Waals surface area contributed by atoms with Crippen molar-refractivity contribution < 1.29 is 0 Å². The van der Waals surface area contributed by atoms with Gasteiger partial charge < -0.3 is 14.9 Å². The Balaban J connectivity index is 1.46. The summed E-state index contributed by atoms with van der Waals surface area (Å²) in [6, 6.07) is 8.52. The average molecular weight is 338 g/mol. The fourth-order valence-corrected chi connectivity index (χ4v) is 3.66. The smallest absolute Gasteiger partial charge is 0.108 e. The van der Waals surface area contributed by atoms with E-state index in [4.69, 9.17) is 4.98 Å². The summed E-state index contributed by atoms with van der Waals surface area (Å²) in [5.74, 6) is 0. The van der Waals surface area contributed by atoms with Crippen LogP contribution in [0, 0.1) is 0 Å². The quantitative estimate of drug-likeness (QED) is 0.543. The molecule has 0 amide bonds. The standard InChI is InChI=1S/C17H18N6S/c1-2-4-16-15(3-1)22-17(24-16)9-20-14(7-13-8-19-11-21-13)10-23-6-5-18-12-23/h1-6,8,11-12,14,20H,7,9-10H2,(H,19,21). The van der Waals surface area contributed by atoms with Crippen molar-refractivity contribution in [2.45, 2.75) is 25.6 Å². The fourth-order valence-electron chi connectivity index (χ4n) is 2.74. The van der Waals surface area contributed by atoms with Crippen molar-refractivity contribution in [3.63, 3.8) is 0 Å². The number of benzene rings is 1. The summed E-state index contributed by atoms with van der Waals surface area (Å²) in [7, 11) is 0. The molecule has 4 aromatic rings. The van der Waals surface area contributed by atoms with E-state index in [1.165, 1.54) is 4.70 Å². The van der Waals surface area contributed by atoms with Gasteiger partial charge in [0, 0.05) is 49.8 Å². The van der Waals surface area contributed by atoms with Crippen LogP contribution in [0.15, 0.2) is 55.5 Å². The van der Waals surface area contributed by atoms with Crippen LogP contribution in [0.25, 0.3) is 10.2 Å². The van der Waals surface area contributed by atoms with Gasteiger partial charge in [0.05, 0.1) is 22.9 Å². The molecule has 4 rings (SSSR count). The third-order valence-corrected chi connectivity index (χ3v) is 4.93. The first-order valence-corrected chi connectivity index (χ1v) is 8.69. The summed E-state index contributed by atoms with van der Waals surface area (Å²) >= 11 is 1.74. The summed E-state index contributed by atoms with van der Waals surface area (Å²) in [5, 5.41) is 4.73. The molecule has 6 nitrogen and oxygen atoms in total. The van der Waals surface area contributed by atoms with Crippen molar-refractivity contribution >= 4 is 21.6 Å². The highest BCUT2D eigenvalue weighted by molar-refractivity contribution is 7.18. The zero-order valence-electron chi connectivity index (χ0n) is 13.1. The van der Waals surface area contributed by atoms with Crippen molar-refractivity contribution in [1.82, 2.24) is 29.8 Å². The van der Waals surface area contributed by atoms with Crippen molar-refractivity contribution in [3.05, 3.63) is 66.2 Å². The SMILES string of the molecule is c1ccc2sc(CNC(Cc3cnc[nH]3)Cn3ccnc3)nc2c1. The van der Waals surface area contributed by atoms with Crippen molar-refractivity contribution in [3.8, 4) is 0 Å². The van der Waals surface area contributed by atoms with Gasteiger partial charge in [-0.15, -0.1) is 11.3 Å². The number of para-hydroxylation sites is 1. The zero-order chi connectivity index (χ0) is 16.2. The Bertz CT molecular complexity index is 812. The molecular weight excluding hydrogens is 320 g/mol. The van der Waals surface area contributed by atoms with Gasteiger partial charge in [0.2, 0.25) is 0 Å². The number of fused-ring (bicyclic) bond motifs is 1. The first-order chi connectivity index (χ1) is 11.9. The largest absolute Gasteiger partial charge is 0.348 e. The summed E-state index contributed by atoms with van der Waals surface area (Å²) in [4.78, 5) is 16.1. The average Bonchev–Trinajstić information content (AvgIpc) is 3.34. The van der Waals surface area contributed by atoms with Gasteiger partial charge >= 0.3 is 0 Å². The number of hydrogen-bond donors (Lipinski definition) is 2. The van der Waals surface area contributed by atoms with E-state index in [1.54, 1.807) is 23.9 Å². The number of rotatable bonds is 7. The Kier molecular flexibility index (Phi) is 4.35. The Morgan fingerprint density at radius 1 is 1.25 bits per heavy atom. The van der Waals surface area contributed by atoms with Gasteiger partial charge in [-0.3, -0.25) is 0 Å². The third-order valence-electron chi connectivity index (χ3n) is 3.89. The van der Waals surface area contributed by atoms with Crippen molar-refractivity contribution in [2.75, 3.05) is 0 Å². The number of H-pyrrole nitrogens is 1. The molecular formula is C17H18N6S. The molecule has 2 N–H and O–H groups in total. The van der Waals surface area contributed by atoms with E-state index in [9.17, 15) is 0 Å². The van der Waals surface area contributed by atoms with Gasteiger partial charge in [-0.25, -0.2) is 15.0 Å². The Morgan fingerprint density at radius 2 is 2.21 bits per heavy atom. The second kappa shape index (κ2) is 6.94. The van der Waals surface area contributed by atoms with Gasteiger partial charge in [-0.1, -0.05) is 12.1 Å². The molecule has 0 fully saturated rings. The van der Waals surface area contributed by atoms with Crippen LogP contribution in [0.5, 0.6) is 0 Å². The monoisotopic (exact) mass is 338 g/mol. The Hall–Kier alpha value is -2.51. The molecule has 0 aliphatic rings. The van der Waals surface area contributed by atoms with Crippen LogP contribution in [0.1, 0.15) is 10.7 Å². The maximum Gasteiger partial charge on any atom is 0.108 e. The summed E-state index contributed by atoms with van der Waals surface area (Å²) in [5.41, 5.74) is 2.19. The minimum Gasteiger partial charge on any atom is -0.348 e. The highest BCUT2D eigenvalue weighted by Gasteiger charge is 2.12. The summed E-state index contributed by atoms with van der Waals surface area (Å²) < 4.78 is 3.32. The van der Waals surface area contributed by atoms with Crippen LogP contribution in [-0.4, -0.2) is 30.5 Å². The van der Waals surface area contributed by atoms with E-state index >= 15 is 0 Å². The zero-order valence-corrected chi connectivity index (χ0v) is 13.9. The molecule has 24 heavy (non-hydrogen) atoms. The molecule has 0 aliphatic carbocycles. The summed E-state index contributed by atoms with van der Waals surface area (Å²) in [6.07, 6.45) is 10.1. The Labute approximate surface area is 143 Å². The fraction of sp³-hybridized carbons (Fsp3) is 0.235. The number of aromatic amines is 1. The van der Waals surface area contributed by atoms with Gasteiger partial charge in [0.15, 0.2) is 0 Å². The van der Waals surface area contributed by atoms with E-state index < -0.39 is 0 Å². The lowest BCUT2D eigenvalue weighted by Gasteiger charge is -2.18. The molecule has 0 radical (unpaired) electrons. The van der Waals surface area contributed by atoms with Crippen LogP contribution >= 0.6 is 11.3 Å². The van der Waals surface area contributed by atoms with E-state index in [-0.39, 0.29) is 6.04 Å². The molecule has 7 heteroatoms. The third kappa shape index (κ3) is 3.52. The molecule has 122 valence electrons. The van der Waals surface area contributed by atoms with Gasteiger partial charge in [0.25, 0.3) is 0 Å². The predicted octanol–water partition coefficient (Wildman–Crippen LogP) is 2.62. The molecule has 0 saturated carbocycles. The molecule has 0 aliphatic heterocycles. The van der Waals surface area contributed by atoms with E-state index in [2.05, 4.69) is 43.0 Å². The lowest BCUT2D eigenvalue weighted by molar-refractivity contribution is 0.440. The van der Waals surface area contributed by atoms with Crippen LogP contribution in [0.3, 0.4) is 0 Å². The van der Waals surface area contributed by atoms with E-state index in [1.807, 2.05) is 24.8 Å². The number of aromatic nitrogens is 5. The molecule has 3 heterocycles. The maximum absolute atomic E-state index is 4.70. The second-order valence-electron chi connectivity index (χ2n) is 5.69. The second-order valence-corrected chi connectivity index (χ2v) is 6.81. The van der Waals surface area contributed by atoms with E-state index in [0.29, 0.717) is 0 Å². The number of hydrogen-bond acceptors (Lipinski definition) is 5. The normalized spacial score (nSPS) is 12.7. The maximum atomic E-state index is 4.70. The minimum absolute atomic E-state index is 0.270. The van der Waals surface area contributed by atoms with Crippen molar-refractivity contribution in [1.29, 1.82) is 0 Å². The molecule has 0 saturated heterocycles. The number of nitrogens with zero attached hydrogens (tertiary/aromatic N) is 4. The van der Waals surface area contributed by atoms with Gasteiger partial charge in [0.1, 0.15) is 5.01 Å². The molecule has 1 unspecified atom stereocenters. The van der Waals surface area contributed by atoms with Gasteiger partial charge in [-0.2, -0.15) is 0 Å².